The zero-order chi connectivity index (χ0) is 18.6. The van der Waals surface area contributed by atoms with Crippen molar-refractivity contribution in [2.45, 2.75) is 32.7 Å². The van der Waals surface area contributed by atoms with Crippen LogP contribution < -0.4 is 11.1 Å². The van der Waals surface area contributed by atoms with Crippen molar-refractivity contribution in [3.8, 4) is 0 Å². The Kier molecular flexibility index (Phi) is 5.86. The first-order chi connectivity index (χ1) is 11.8. The monoisotopic (exact) mass is 366 g/mol. The van der Waals surface area contributed by atoms with Crippen LogP contribution in [0.25, 0.3) is 10.2 Å². The molecule has 0 bridgehead atoms. The van der Waals surface area contributed by atoms with Gasteiger partial charge in [0.2, 0.25) is 5.91 Å². The summed E-state index contributed by atoms with van der Waals surface area (Å²) in [6.07, 6.45) is 1.22. The van der Waals surface area contributed by atoms with Crippen molar-refractivity contribution in [2.75, 3.05) is 11.9 Å². The van der Waals surface area contributed by atoms with Crippen molar-refractivity contribution >= 4 is 45.2 Å². The second-order valence-electron chi connectivity index (χ2n) is 5.22. The fourth-order valence-electron chi connectivity index (χ4n) is 2.28. The van der Waals surface area contributed by atoms with E-state index in [1.165, 1.54) is 6.33 Å². The smallest absolute Gasteiger partial charge is 0.348 e. The first-order valence-electron chi connectivity index (χ1n) is 7.54. The zero-order valence-corrected chi connectivity index (χ0v) is 14.6. The number of rotatable bonds is 8. The maximum Gasteiger partial charge on any atom is 0.348 e. The number of anilines is 1. The van der Waals surface area contributed by atoms with Gasteiger partial charge in [0.15, 0.2) is 0 Å². The van der Waals surface area contributed by atoms with Crippen LogP contribution in [-0.4, -0.2) is 45.6 Å². The molecule has 2 aromatic heterocycles. The molecule has 0 aliphatic heterocycles. The molecule has 0 aromatic carbocycles. The van der Waals surface area contributed by atoms with Gasteiger partial charge in [0.25, 0.3) is 0 Å². The van der Waals surface area contributed by atoms with Crippen LogP contribution in [0.2, 0.25) is 0 Å². The van der Waals surface area contributed by atoms with Crippen molar-refractivity contribution < 1.29 is 24.2 Å². The number of carboxylic acid groups (broad SMARTS) is 1. The lowest BCUT2D eigenvalue weighted by Crippen LogP contribution is -2.31. The van der Waals surface area contributed by atoms with Crippen molar-refractivity contribution in [3.63, 3.8) is 0 Å². The fraction of sp³-hybridized carbons (Fsp3) is 0.400. The van der Waals surface area contributed by atoms with Crippen LogP contribution in [-0.2, 0) is 14.3 Å². The molecule has 1 unspecified atom stereocenters. The molecule has 0 spiro atoms. The average molecular weight is 366 g/mol. The highest BCUT2D eigenvalue weighted by atomic mass is 32.1. The summed E-state index contributed by atoms with van der Waals surface area (Å²) in [5, 5.41) is 12.7. The standard InChI is InChI=1S/C15H18N4O5S/c1-3-24-15(23)11-7(2)10-12(17-6-18-13(10)25-11)19-8(14(21)22)4-5-9(16)20/h6,8H,3-5H2,1-2H3,(H2,16,20)(H,21,22)(H,17,18,19). The SMILES string of the molecule is CCOC(=O)c1sc2ncnc(NC(CCC(N)=O)C(=O)O)c2c1C. The van der Waals surface area contributed by atoms with Crippen LogP contribution in [0.4, 0.5) is 5.82 Å². The summed E-state index contributed by atoms with van der Waals surface area (Å²) in [5.41, 5.74) is 5.69. The van der Waals surface area contributed by atoms with Gasteiger partial charge in [-0.2, -0.15) is 0 Å². The van der Waals surface area contributed by atoms with Gasteiger partial charge in [0.05, 0.1) is 12.0 Å². The third-order valence-corrected chi connectivity index (χ3v) is 4.66. The van der Waals surface area contributed by atoms with Gasteiger partial charge in [0.1, 0.15) is 27.9 Å². The first kappa shape index (κ1) is 18.6. The van der Waals surface area contributed by atoms with Gasteiger partial charge >= 0.3 is 11.9 Å². The predicted molar refractivity (Wildman–Crippen MR) is 91.6 cm³/mol. The second kappa shape index (κ2) is 7.88. The molecule has 0 fully saturated rings. The van der Waals surface area contributed by atoms with Gasteiger partial charge in [-0.1, -0.05) is 0 Å². The van der Waals surface area contributed by atoms with Gasteiger partial charge in [-0.25, -0.2) is 19.6 Å². The number of aromatic nitrogens is 2. The molecule has 0 saturated carbocycles. The van der Waals surface area contributed by atoms with Gasteiger partial charge in [-0.15, -0.1) is 11.3 Å². The van der Waals surface area contributed by atoms with E-state index in [1.807, 2.05) is 0 Å². The highest BCUT2D eigenvalue weighted by molar-refractivity contribution is 7.20. The molecule has 0 aliphatic carbocycles. The number of carbonyl (C=O) groups is 3. The van der Waals surface area contributed by atoms with E-state index in [9.17, 15) is 19.5 Å². The molecule has 25 heavy (non-hydrogen) atoms. The number of thiophene rings is 1. The van der Waals surface area contributed by atoms with Crippen molar-refractivity contribution in [2.24, 2.45) is 5.73 Å². The van der Waals surface area contributed by atoms with Crippen LogP contribution in [0.15, 0.2) is 6.33 Å². The summed E-state index contributed by atoms with van der Waals surface area (Å²) in [6, 6.07) is -1.05. The normalized spacial score (nSPS) is 11.9. The van der Waals surface area contributed by atoms with Gasteiger partial charge in [-0.3, -0.25) is 4.79 Å². The summed E-state index contributed by atoms with van der Waals surface area (Å²) in [5.74, 6) is -1.90. The summed E-state index contributed by atoms with van der Waals surface area (Å²) in [4.78, 5) is 43.5. The minimum atomic E-state index is -1.13. The molecule has 0 radical (unpaired) electrons. The Hall–Kier alpha value is -2.75. The number of fused-ring (bicyclic) bond motifs is 1. The molecule has 4 N–H and O–H groups in total. The number of nitrogens with zero attached hydrogens (tertiary/aromatic N) is 2. The van der Waals surface area contributed by atoms with E-state index in [0.29, 0.717) is 20.7 Å². The number of esters is 1. The molecule has 0 aliphatic rings. The van der Waals surface area contributed by atoms with Crippen LogP contribution in [0.1, 0.15) is 35.0 Å². The van der Waals surface area contributed by atoms with Crippen molar-refractivity contribution in [1.29, 1.82) is 0 Å². The molecule has 2 aromatic rings. The van der Waals surface area contributed by atoms with E-state index in [0.717, 1.165) is 11.3 Å². The summed E-state index contributed by atoms with van der Waals surface area (Å²) < 4.78 is 5.02. The second-order valence-corrected chi connectivity index (χ2v) is 6.22. The Morgan fingerprint density at radius 1 is 1.40 bits per heavy atom. The Morgan fingerprint density at radius 3 is 2.72 bits per heavy atom. The minimum Gasteiger partial charge on any atom is -0.480 e. The van der Waals surface area contributed by atoms with Crippen LogP contribution in [0, 0.1) is 6.92 Å². The minimum absolute atomic E-state index is 0.0179. The lowest BCUT2D eigenvalue weighted by Gasteiger charge is -2.15. The van der Waals surface area contributed by atoms with Crippen LogP contribution in [0.3, 0.4) is 0 Å². The molecule has 0 saturated heterocycles. The number of nitrogens with two attached hydrogens (primary N) is 1. The number of ether oxygens (including phenoxy) is 1. The summed E-state index contributed by atoms with van der Waals surface area (Å²) in [6.45, 7) is 3.68. The fourth-order valence-corrected chi connectivity index (χ4v) is 3.32. The lowest BCUT2D eigenvalue weighted by molar-refractivity contribution is -0.138. The molecule has 2 heterocycles. The maximum atomic E-state index is 12.0. The molecule has 2 rings (SSSR count). The largest absolute Gasteiger partial charge is 0.480 e. The van der Waals surface area contributed by atoms with Crippen molar-refractivity contribution in [3.05, 3.63) is 16.8 Å². The number of hydrogen-bond donors (Lipinski definition) is 3. The molecular weight excluding hydrogens is 348 g/mol. The van der Waals surface area contributed by atoms with E-state index in [1.54, 1.807) is 13.8 Å². The number of nitrogens with one attached hydrogen (secondary N) is 1. The number of primary amides is 1. The van der Waals surface area contributed by atoms with Crippen LogP contribution >= 0.6 is 11.3 Å². The number of hydrogen-bond acceptors (Lipinski definition) is 8. The van der Waals surface area contributed by atoms with Gasteiger partial charge in [-0.05, 0) is 25.8 Å². The predicted octanol–water partition coefficient (Wildman–Crippen LogP) is 1.31. The average Bonchev–Trinajstić information content (AvgIpc) is 2.89. The molecular formula is C15H18N4O5S. The topological polar surface area (TPSA) is 144 Å². The summed E-state index contributed by atoms with van der Waals surface area (Å²) in [7, 11) is 0. The van der Waals surface area contributed by atoms with Crippen molar-refractivity contribution in [1.82, 2.24) is 9.97 Å². The quantitative estimate of drug-likeness (QED) is 0.593. The van der Waals surface area contributed by atoms with E-state index in [2.05, 4.69) is 15.3 Å². The number of amides is 1. The first-order valence-corrected chi connectivity index (χ1v) is 8.35. The van der Waals surface area contributed by atoms with Gasteiger partial charge < -0.3 is 20.9 Å². The van der Waals surface area contributed by atoms with E-state index in [-0.39, 0.29) is 25.3 Å². The summed E-state index contributed by atoms with van der Waals surface area (Å²) >= 11 is 1.15. The third kappa shape index (κ3) is 4.21. The maximum absolute atomic E-state index is 12.0. The number of carboxylic acids is 1. The Bertz CT molecular complexity index is 820. The number of carbonyl (C=O) groups excluding carboxylic acids is 2. The Balaban J connectivity index is 2.39. The molecule has 1 atom stereocenters. The number of aryl methyl sites for hydroxylation is 1. The molecule has 1 amide bonds. The van der Waals surface area contributed by atoms with E-state index >= 15 is 0 Å². The third-order valence-electron chi connectivity index (χ3n) is 3.48. The molecule has 134 valence electrons. The number of aliphatic carboxylic acids is 1. The zero-order valence-electron chi connectivity index (χ0n) is 13.7. The lowest BCUT2D eigenvalue weighted by atomic mass is 10.1. The Labute approximate surface area is 147 Å². The molecule has 10 heteroatoms. The van der Waals surface area contributed by atoms with E-state index < -0.39 is 23.9 Å². The van der Waals surface area contributed by atoms with E-state index in [4.69, 9.17) is 10.5 Å². The molecule has 9 nitrogen and oxygen atoms in total. The Morgan fingerprint density at radius 2 is 2.12 bits per heavy atom. The highest BCUT2D eigenvalue weighted by Gasteiger charge is 2.24. The highest BCUT2D eigenvalue weighted by Crippen LogP contribution is 2.34. The van der Waals surface area contributed by atoms with Crippen LogP contribution in [0.5, 0.6) is 0 Å². The van der Waals surface area contributed by atoms with Gasteiger partial charge in [0, 0.05) is 6.42 Å².